The zero-order valence-corrected chi connectivity index (χ0v) is 14.0. The zero-order valence-electron chi connectivity index (χ0n) is 14.0. The van der Waals surface area contributed by atoms with E-state index in [4.69, 9.17) is 4.74 Å². The molecule has 130 valence electrons. The van der Waals surface area contributed by atoms with Gasteiger partial charge in [-0.2, -0.15) is 0 Å². The van der Waals surface area contributed by atoms with Gasteiger partial charge in [-0.3, -0.25) is 14.7 Å². The van der Waals surface area contributed by atoms with E-state index in [1.165, 1.54) is 11.9 Å². The fourth-order valence-electron chi connectivity index (χ4n) is 3.63. The van der Waals surface area contributed by atoms with Crippen LogP contribution in [0, 0.1) is 0 Å². The molecule has 0 radical (unpaired) electrons. The van der Waals surface area contributed by atoms with E-state index in [0.717, 1.165) is 26.1 Å². The molecule has 0 unspecified atom stereocenters. The number of amides is 1. The first kappa shape index (κ1) is 16.1. The van der Waals surface area contributed by atoms with E-state index in [1.54, 1.807) is 18.5 Å². The summed E-state index contributed by atoms with van der Waals surface area (Å²) in [6.45, 7) is 3.79. The fourth-order valence-corrected chi connectivity index (χ4v) is 3.63. The lowest BCUT2D eigenvalue weighted by molar-refractivity contribution is -0.101. The molecule has 4 heterocycles. The lowest BCUT2D eigenvalue weighted by atomic mass is 9.98. The third kappa shape index (κ3) is 3.52. The second-order valence-electron chi connectivity index (χ2n) is 6.44. The van der Waals surface area contributed by atoms with Crippen LogP contribution in [0.2, 0.25) is 0 Å². The first-order valence-electron chi connectivity index (χ1n) is 8.61. The Labute approximate surface area is 146 Å². The molecule has 2 aliphatic rings. The molecule has 7 nitrogen and oxygen atoms in total. The van der Waals surface area contributed by atoms with Crippen LogP contribution in [0.1, 0.15) is 22.5 Å². The van der Waals surface area contributed by atoms with E-state index in [9.17, 15) is 4.79 Å². The third-order valence-corrected chi connectivity index (χ3v) is 4.90. The minimum atomic E-state index is -0.0345. The van der Waals surface area contributed by atoms with Crippen molar-refractivity contribution in [3.8, 4) is 0 Å². The monoisotopic (exact) mass is 339 g/mol. The number of likely N-dealkylation sites (tertiary alicyclic amines) is 1. The average Bonchev–Trinajstić information content (AvgIpc) is 2.69. The number of hydrogen-bond acceptors (Lipinski definition) is 6. The molecule has 2 aromatic rings. The summed E-state index contributed by atoms with van der Waals surface area (Å²) >= 11 is 0. The molecule has 0 aliphatic carbocycles. The molecule has 2 aliphatic heterocycles. The summed E-state index contributed by atoms with van der Waals surface area (Å²) in [5, 5.41) is 0. The van der Waals surface area contributed by atoms with E-state index < -0.39 is 0 Å². The standard InChI is InChI=1S/C18H21N5O2/c24-18(15-3-6-20-13-21-15)23-7-4-17-16(12-23)22(8-9-25-17)11-14-2-1-5-19-10-14/h1-3,5-6,10,13,16-17H,4,7-9,11-12H2/t16-,17-/m1/s1. The van der Waals surface area contributed by atoms with Gasteiger partial charge in [0.15, 0.2) is 0 Å². The molecule has 0 spiro atoms. The van der Waals surface area contributed by atoms with Crippen LogP contribution in [0.4, 0.5) is 0 Å². The van der Waals surface area contributed by atoms with Gasteiger partial charge in [0.2, 0.25) is 0 Å². The molecule has 0 bridgehead atoms. The van der Waals surface area contributed by atoms with Crippen LogP contribution >= 0.6 is 0 Å². The summed E-state index contributed by atoms with van der Waals surface area (Å²) < 4.78 is 5.96. The van der Waals surface area contributed by atoms with Gasteiger partial charge in [-0.1, -0.05) is 6.07 Å². The maximum atomic E-state index is 12.7. The second kappa shape index (κ2) is 7.25. The lowest BCUT2D eigenvalue weighted by Crippen LogP contribution is -2.60. The number of carbonyl (C=O) groups is 1. The molecule has 4 rings (SSSR count). The summed E-state index contributed by atoms with van der Waals surface area (Å²) in [7, 11) is 0. The quantitative estimate of drug-likeness (QED) is 0.830. The van der Waals surface area contributed by atoms with Gasteiger partial charge in [-0.25, -0.2) is 9.97 Å². The van der Waals surface area contributed by atoms with Crippen LogP contribution in [0.15, 0.2) is 43.1 Å². The van der Waals surface area contributed by atoms with Crippen LogP contribution < -0.4 is 0 Å². The van der Waals surface area contributed by atoms with Gasteiger partial charge in [0.05, 0.1) is 18.8 Å². The van der Waals surface area contributed by atoms with E-state index in [2.05, 4.69) is 25.9 Å². The van der Waals surface area contributed by atoms with Crippen LogP contribution in [-0.2, 0) is 11.3 Å². The highest BCUT2D eigenvalue weighted by Gasteiger charge is 2.38. The van der Waals surface area contributed by atoms with Gasteiger partial charge in [0.25, 0.3) is 5.91 Å². The van der Waals surface area contributed by atoms with Crippen LogP contribution in [0.3, 0.4) is 0 Å². The number of aromatic nitrogens is 3. The maximum Gasteiger partial charge on any atom is 0.272 e. The predicted molar refractivity (Wildman–Crippen MR) is 90.7 cm³/mol. The molecular formula is C18H21N5O2. The maximum absolute atomic E-state index is 12.7. The van der Waals surface area contributed by atoms with E-state index in [1.807, 2.05) is 17.2 Å². The van der Waals surface area contributed by atoms with E-state index in [0.29, 0.717) is 18.8 Å². The van der Waals surface area contributed by atoms with Crippen molar-refractivity contribution < 1.29 is 9.53 Å². The molecule has 7 heteroatoms. The van der Waals surface area contributed by atoms with Crippen molar-refractivity contribution in [2.45, 2.75) is 25.1 Å². The average molecular weight is 339 g/mol. The van der Waals surface area contributed by atoms with Crippen molar-refractivity contribution in [3.63, 3.8) is 0 Å². The summed E-state index contributed by atoms with van der Waals surface area (Å²) in [6.07, 6.45) is 7.74. The molecule has 2 saturated heterocycles. The predicted octanol–water partition coefficient (Wildman–Crippen LogP) is 0.987. The molecular weight excluding hydrogens is 318 g/mol. The third-order valence-electron chi connectivity index (χ3n) is 4.90. The minimum absolute atomic E-state index is 0.0345. The Morgan fingerprint density at radius 2 is 2.20 bits per heavy atom. The van der Waals surface area contributed by atoms with Gasteiger partial charge < -0.3 is 9.64 Å². The number of nitrogens with zero attached hydrogens (tertiary/aromatic N) is 5. The molecule has 2 fully saturated rings. The number of piperidine rings is 1. The molecule has 25 heavy (non-hydrogen) atoms. The van der Waals surface area contributed by atoms with Gasteiger partial charge in [-0.15, -0.1) is 0 Å². The van der Waals surface area contributed by atoms with E-state index >= 15 is 0 Å². The van der Waals surface area contributed by atoms with Crippen LogP contribution in [0.5, 0.6) is 0 Å². The molecule has 0 saturated carbocycles. The van der Waals surface area contributed by atoms with Crippen LogP contribution in [-0.4, -0.2) is 69.0 Å². The van der Waals surface area contributed by atoms with Gasteiger partial charge in [0, 0.05) is 44.8 Å². The largest absolute Gasteiger partial charge is 0.375 e. The number of morpholine rings is 1. The molecule has 0 aromatic carbocycles. The number of rotatable bonds is 3. The number of carbonyl (C=O) groups excluding carboxylic acids is 1. The molecule has 2 atom stereocenters. The smallest absolute Gasteiger partial charge is 0.272 e. The first-order chi connectivity index (χ1) is 12.3. The molecule has 1 amide bonds. The van der Waals surface area contributed by atoms with Crippen molar-refractivity contribution in [3.05, 3.63) is 54.4 Å². The number of fused-ring (bicyclic) bond motifs is 1. The highest BCUT2D eigenvalue weighted by Crippen LogP contribution is 2.25. The topological polar surface area (TPSA) is 71.5 Å². The second-order valence-corrected chi connectivity index (χ2v) is 6.44. The van der Waals surface area contributed by atoms with Gasteiger partial charge in [-0.05, 0) is 24.1 Å². The number of ether oxygens (including phenoxy) is 1. The van der Waals surface area contributed by atoms with Crippen molar-refractivity contribution in [1.82, 2.24) is 24.8 Å². The van der Waals surface area contributed by atoms with E-state index in [-0.39, 0.29) is 18.1 Å². The summed E-state index contributed by atoms with van der Waals surface area (Å²) in [6, 6.07) is 5.91. The van der Waals surface area contributed by atoms with Gasteiger partial charge in [0.1, 0.15) is 12.0 Å². The van der Waals surface area contributed by atoms with Crippen molar-refractivity contribution >= 4 is 5.91 Å². The Morgan fingerprint density at radius 3 is 3.00 bits per heavy atom. The summed E-state index contributed by atoms with van der Waals surface area (Å²) in [5.41, 5.74) is 1.63. The summed E-state index contributed by atoms with van der Waals surface area (Å²) in [4.78, 5) is 29.2. The molecule has 0 N–H and O–H groups in total. The Bertz CT molecular complexity index is 712. The fraction of sp³-hybridized carbons (Fsp3) is 0.444. The first-order valence-corrected chi connectivity index (χ1v) is 8.61. The number of hydrogen-bond donors (Lipinski definition) is 0. The Morgan fingerprint density at radius 1 is 1.24 bits per heavy atom. The zero-order chi connectivity index (χ0) is 17.1. The van der Waals surface area contributed by atoms with Crippen molar-refractivity contribution in [2.24, 2.45) is 0 Å². The SMILES string of the molecule is O=C(c1ccncn1)N1CC[C@H]2OCCN(Cc3cccnc3)[C@@H]2C1. The normalized spacial score (nSPS) is 23.9. The summed E-state index contributed by atoms with van der Waals surface area (Å²) in [5.74, 6) is -0.0345. The molecule has 2 aromatic heterocycles. The highest BCUT2D eigenvalue weighted by atomic mass is 16.5. The minimum Gasteiger partial charge on any atom is -0.375 e. The Hall–Kier alpha value is -2.38. The van der Waals surface area contributed by atoms with Gasteiger partial charge >= 0.3 is 0 Å². The highest BCUT2D eigenvalue weighted by molar-refractivity contribution is 5.92. The Balaban J connectivity index is 1.48. The lowest BCUT2D eigenvalue weighted by Gasteiger charge is -2.47. The van der Waals surface area contributed by atoms with Crippen LogP contribution in [0.25, 0.3) is 0 Å². The van der Waals surface area contributed by atoms with Crippen molar-refractivity contribution in [1.29, 1.82) is 0 Å². The number of pyridine rings is 1. The Kier molecular flexibility index (Phi) is 4.67. The van der Waals surface area contributed by atoms with Crippen molar-refractivity contribution in [2.75, 3.05) is 26.2 Å².